The Morgan fingerprint density at radius 1 is 1.06 bits per heavy atom. The quantitative estimate of drug-likeness (QED) is 0.368. The van der Waals surface area contributed by atoms with Gasteiger partial charge in [0.15, 0.2) is 0 Å². The number of amides is 1. The fourth-order valence-corrected chi connectivity index (χ4v) is 4.62. The number of rotatable bonds is 8. The van der Waals surface area contributed by atoms with Crippen LogP contribution in [0.25, 0.3) is 33.1 Å². The molecule has 34 heavy (non-hydrogen) atoms. The second-order valence-corrected chi connectivity index (χ2v) is 10.0. The van der Waals surface area contributed by atoms with Gasteiger partial charge in [-0.25, -0.2) is 4.79 Å². The molecule has 1 amide bonds. The van der Waals surface area contributed by atoms with Crippen molar-refractivity contribution < 1.29 is 13.6 Å². The molecule has 4 rings (SSSR count). The number of carbonyl (C=O) groups is 1. The minimum Gasteiger partial charge on any atom is -0.464 e. The van der Waals surface area contributed by atoms with E-state index in [1.165, 1.54) is 0 Å². The van der Waals surface area contributed by atoms with Crippen molar-refractivity contribution in [2.75, 3.05) is 27.2 Å². The summed E-state index contributed by atoms with van der Waals surface area (Å²) in [6, 6.07) is 13.8. The van der Waals surface area contributed by atoms with Gasteiger partial charge in [-0.2, -0.15) is 0 Å². The van der Waals surface area contributed by atoms with Crippen LogP contribution in [0, 0.1) is 12.3 Å². The molecule has 0 unspecified atom stereocenters. The summed E-state index contributed by atoms with van der Waals surface area (Å²) in [6.45, 7) is 7.61. The third-order valence-corrected chi connectivity index (χ3v) is 6.18. The molecule has 6 heteroatoms. The number of nitrogens with one attached hydrogen (secondary N) is 1. The SMILES string of the molecule is Cc1c(CCC(=O)NCC(C)(C)CN(C)C)c(=O)oc2cc3occ(-c4ccccc4)c3cc12. The lowest BCUT2D eigenvalue weighted by Crippen LogP contribution is -2.40. The minimum atomic E-state index is -0.403. The Hall–Kier alpha value is -3.38. The fourth-order valence-electron chi connectivity index (χ4n) is 4.62. The van der Waals surface area contributed by atoms with E-state index in [2.05, 4.69) is 24.1 Å². The Bertz CT molecular complexity index is 1380. The summed E-state index contributed by atoms with van der Waals surface area (Å²) in [6.07, 6.45) is 2.30. The van der Waals surface area contributed by atoms with Crippen molar-refractivity contribution in [1.82, 2.24) is 10.2 Å². The van der Waals surface area contributed by atoms with E-state index in [1.807, 2.05) is 57.4 Å². The smallest absolute Gasteiger partial charge is 0.339 e. The molecule has 0 saturated carbocycles. The highest BCUT2D eigenvalue weighted by molar-refractivity contribution is 6.02. The molecule has 0 saturated heterocycles. The summed E-state index contributed by atoms with van der Waals surface area (Å²) in [7, 11) is 4.04. The van der Waals surface area contributed by atoms with Crippen molar-refractivity contribution in [1.29, 1.82) is 0 Å². The van der Waals surface area contributed by atoms with E-state index in [4.69, 9.17) is 8.83 Å². The summed E-state index contributed by atoms with van der Waals surface area (Å²) < 4.78 is 11.4. The maximum absolute atomic E-state index is 12.7. The van der Waals surface area contributed by atoms with E-state index in [1.54, 1.807) is 12.3 Å². The van der Waals surface area contributed by atoms with Crippen molar-refractivity contribution in [2.45, 2.75) is 33.6 Å². The number of hydrogen-bond acceptors (Lipinski definition) is 5. The predicted octanol–water partition coefficient (Wildman–Crippen LogP) is 5.15. The van der Waals surface area contributed by atoms with E-state index >= 15 is 0 Å². The lowest BCUT2D eigenvalue weighted by molar-refractivity contribution is -0.121. The topological polar surface area (TPSA) is 75.7 Å². The van der Waals surface area contributed by atoms with Crippen LogP contribution in [0.4, 0.5) is 0 Å². The molecule has 0 spiro atoms. The maximum atomic E-state index is 12.7. The molecule has 2 aromatic heterocycles. The van der Waals surface area contributed by atoms with Crippen LogP contribution in [0.3, 0.4) is 0 Å². The van der Waals surface area contributed by atoms with Gasteiger partial charge in [0.05, 0.1) is 6.26 Å². The van der Waals surface area contributed by atoms with Crippen molar-refractivity contribution in [2.24, 2.45) is 5.41 Å². The summed E-state index contributed by atoms with van der Waals surface area (Å²) in [5.41, 5.74) is 4.15. The third-order valence-electron chi connectivity index (χ3n) is 6.18. The predicted molar refractivity (Wildman–Crippen MR) is 136 cm³/mol. The monoisotopic (exact) mass is 460 g/mol. The Kier molecular flexibility index (Phi) is 6.62. The van der Waals surface area contributed by atoms with Gasteiger partial charge in [0.1, 0.15) is 11.2 Å². The van der Waals surface area contributed by atoms with Gasteiger partial charge in [0.2, 0.25) is 5.91 Å². The van der Waals surface area contributed by atoms with Crippen LogP contribution in [-0.2, 0) is 11.2 Å². The van der Waals surface area contributed by atoms with Crippen molar-refractivity contribution in [3.05, 3.63) is 70.3 Å². The second-order valence-electron chi connectivity index (χ2n) is 10.0. The highest BCUT2D eigenvalue weighted by atomic mass is 16.4. The molecule has 0 atom stereocenters. The van der Waals surface area contributed by atoms with Gasteiger partial charge in [0, 0.05) is 47.5 Å². The lowest BCUT2D eigenvalue weighted by atomic mass is 9.93. The van der Waals surface area contributed by atoms with Gasteiger partial charge < -0.3 is 19.1 Å². The molecular weight excluding hydrogens is 428 g/mol. The largest absolute Gasteiger partial charge is 0.464 e. The molecular formula is C28H32N2O4. The summed E-state index contributed by atoms with van der Waals surface area (Å²) in [5.74, 6) is -0.0672. The molecule has 4 aromatic rings. The zero-order valence-corrected chi connectivity index (χ0v) is 20.5. The Balaban J connectivity index is 1.58. The molecule has 0 aliphatic rings. The molecule has 6 nitrogen and oxygen atoms in total. The van der Waals surface area contributed by atoms with Crippen molar-refractivity contribution in [3.63, 3.8) is 0 Å². The van der Waals surface area contributed by atoms with Gasteiger partial charge in [-0.3, -0.25) is 4.79 Å². The number of furan rings is 1. The molecule has 0 radical (unpaired) electrons. The molecule has 1 N–H and O–H groups in total. The molecule has 178 valence electrons. The summed E-state index contributed by atoms with van der Waals surface area (Å²) in [5, 5.41) is 4.83. The first kappa shape index (κ1) is 23.8. The molecule has 0 fully saturated rings. The summed E-state index contributed by atoms with van der Waals surface area (Å²) in [4.78, 5) is 27.3. The average Bonchev–Trinajstić information content (AvgIpc) is 3.19. The molecule has 2 heterocycles. The Morgan fingerprint density at radius 3 is 2.50 bits per heavy atom. The van der Waals surface area contributed by atoms with E-state index < -0.39 is 5.63 Å². The number of fused-ring (bicyclic) bond motifs is 2. The lowest BCUT2D eigenvalue weighted by Gasteiger charge is -2.28. The van der Waals surface area contributed by atoms with Crippen LogP contribution < -0.4 is 10.9 Å². The van der Waals surface area contributed by atoms with Crippen molar-refractivity contribution in [3.8, 4) is 11.1 Å². The van der Waals surface area contributed by atoms with Gasteiger partial charge in [-0.1, -0.05) is 44.2 Å². The third kappa shape index (κ3) is 5.07. The highest BCUT2D eigenvalue weighted by Gasteiger charge is 2.21. The molecule has 2 aromatic carbocycles. The van der Waals surface area contributed by atoms with E-state index in [0.717, 1.165) is 34.0 Å². The first-order valence-corrected chi connectivity index (χ1v) is 11.6. The van der Waals surface area contributed by atoms with Crippen LogP contribution in [0.1, 0.15) is 31.4 Å². The van der Waals surface area contributed by atoms with E-state index in [9.17, 15) is 9.59 Å². The normalized spacial score (nSPS) is 12.1. The van der Waals surface area contributed by atoms with E-state index in [-0.39, 0.29) is 17.7 Å². The van der Waals surface area contributed by atoms with Gasteiger partial charge in [-0.05, 0) is 50.0 Å². The van der Waals surface area contributed by atoms with E-state index in [0.29, 0.717) is 29.7 Å². The highest BCUT2D eigenvalue weighted by Crippen LogP contribution is 2.34. The molecule has 0 aliphatic carbocycles. The standard InChI is InChI=1S/C28H32N2O4/c1-18-20(11-12-26(31)29-16-28(2,3)17-30(4)5)27(32)34-25-14-24-22(13-21(18)25)23(15-33-24)19-9-7-6-8-10-19/h6-10,13-15H,11-12,16-17H2,1-5H3,(H,29,31). The first-order valence-electron chi connectivity index (χ1n) is 11.6. The maximum Gasteiger partial charge on any atom is 0.339 e. The number of carbonyl (C=O) groups excluding carboxylic acids is 1. The second kappa shape index (κ2) is 9.47. The number of nitrogens with zero attached hydrogens (tertiary/aromatic N) is 1. The number of hydrogen-bond donors (Lipinski definition) is 1. The summed E-state index contributed by atoms with van der Waals surface area (Å²) >= 11 is 0. The number of aryl methyl sites for hydroxylation is 1. The van der Waals surface area contributed by atoms with Crippen LogP contribution in [0.15, 0.2) is 62.4 Å². The fraction of sp³-hybridized carbons (Fsp3) is 0.357. The Labute approximate surface area is 199 Å². The van der Waals surface area contributed by atoms with Gasteiger partial charge >= 0.3 is 5.63 Å². The molecule has 0 bridgehead atoms. The number of benzene rings is 2. The van der Waals surface area contributed by atoms with Crippen LogP contribution in [-0.4, -0.2) is 38.0 Å². The Morgan fingerprint density at radius 2 is 1.79 bits per heavy atom. The molecule has 0 aliphatic heterocycles. The zero-order chi connectivity index (χ0) is 24.5. The average molecular weight is 461 g/mol. The van der Waals surface area contributed by atoms with Crippen LogP contribution >= 0.6 is 0 Å². The first-order chi connectivity index (χ1) is 16.1. The zero-order valence-electron chi connectivity index (χ0n) is 20.5. The van der Waals surface area contributed by atoms with Gasteiger partial charge in [-0.15, -0.1) is 0 Å². The van der Waals surface area contributed by atoms with Crippen LogP contribution in [0.5, 0.6) is 0 Å². The van der Waals surface area contributed by atoms with Crippen molar-refractivity contribution >= 4 is 27.8 Å². The van der Waals surface area contributed by atoms with Crippen LogP contribution in [0.2, 0.25) is 0 Å². The minimum absolute atomic E-state index is 0.0382. The van der Waals surface area contributed by atoms with Gasteiger partial charge in [0.25, 0.3) is 0 Å².